The molecule has 0 fully saturated rings. The molecule has 0 spiro atoms. The molecule has 2 N–H and O–H groups in total. The fraction of sp³-hybridized carbons (Fsp3) is 0.400. The highest BCUT2D eigenvalue weighted by Crippen LogP contribution is 2.15. The summed E-state index contributed by atoms with van der Waals surface area (Å²) in [4.78, 5) is 12.3. The monoisotopic (exact) mass is 244 g/mol. The first-order valence-corrected chi connectivity index (χ1v) is 6.49. The molecule has 0 radical (unpaired) electrons. The molecule has 0 bridgehead atoms. The number of aromatic nitrogens is 1. The van der Waals surface area contributed by atoms with E-state index in [1.54, 1.807) is 0 Å². The van der Waals surface area contributed by atoms with Crippen molar-refractivity contribution in [2.45, 2.75) is 33.4 Å². The summed E-state index contributed by atoms with van der Waals surface area (Å²) in [7, 11) is 0. The zero-order valence-electron chi connectivity index (χ0n) is 11.0. The van der Waals surface area contributed by atoms with Crippen molar-refractivity contribution in [1.29, 1.82) is 0 Å². The lowest BCUT2D eigenvalue weighted by atomic mass is 10.1. The molecule has 0 aliphatic carbocycles. The number of benzene rings is 1. The van der Waals surface area contributed by atoms with Crippen LogP contribution < -0.4 is 11.3 Å². The Balaban J connectivity index is 2.66. The summed E-state index contributed by atoms with van der Waals surface area (Å²) in [5, 5.41) is 1.08. The lowest BCUT2D eigenvalue weighted by molar-refractivity contribution is 0.468. The SMILES string of the molecule is CCC(C)Cn1c(=O)c(CN)cc2ccccc21. The van der Waals surface area contributed by atoms with Crippen LogP contribution in [0.1, 0.15) is 25.8 Å². The van der Waals surface area contributed by atoms with Gasteiger partial charge in [0.05, 0.1) is 5.52 Å². The highest BCUT2D eigenvalue weighted by atomic mass is 16.1. The summed E-state index contributed by atoms with van der Waals surface area (Å²) < 4.78 is 1.87. The minimum Gasteiger partial charge on any atom is -0.326 e. The van der Waals surface area contributed by atoms with Gasteiger partial charge in [-0.3, -0.25) is 4.79 Å². The molecule has 3 nitrogen and oxygen atoms in total. The fourth-order valence-electron chi connectivity index (χ4n) is 2.16. The van der Waals surface area contributed by atoms with Gasteiger partial charge in [-0.1, -0.05) is 38.5 Å². The first kappa shape index (κ1) is 12.8. The van der Waals surface area contributed by atoms with Gasteiger partial charge in [-0.05, 0) is 23.4 Å². The molecule has 1 unspecified atom stereocenters. The van der Waals surface area contributed by atoms with Gasteiger partial charge in [0, 0.05) is 18.7 Å². The second-order valence-electron chi connectivity index (χ2n) is 4.86. The molecule has 2 aromatic rings. The number of para-hydroxylation sites is 1. The molecule has 0 saturated carbocycles. The van der Waals surface area contributed by atoms with E-state index in [2.05, 4.69) is 13.8 Å². The van der Waals surface area contributed by atoms with Crippen LogP contribution in [0.25, 0.3) is 10.9 Å². The van der Waals surface area contributed by atoms with Crippen LogP contribution in [-0.2, 0) is 13.1 Å². The van der Waals surface area contributed by atoms with E-state index in [1.165, 1.54) is 0 Å². The minimum absolute atomic E-state index is 0.0523. The van der Waals surface area contributed by atoms with Gasteiger partial charge in [-0.25, -0.2) is 0 Å². The first-order valence-electron chi connectivity index (χ1n) is 6.49. The Labute approximate surface area is 107 Å². The Hall–Kier alpha value is -1.61. The number of pyridine rings is 1. The lowest BCUT2D eigenvalue weighted by Crippen LogP contribution is -2.27. The van der Waals surface area contributed by atoms with E-state index in [0.717, 1.165) is 23.9 Å². The van der Waals surface area contributed by atoms with Gasteiger partial charge in [-0.15, -0.1) is 0 Å². The summed E-state index contributed by atoms with van der Waals surface area (Å²) in [6.07, 6.45) is 1.06. The predicted molar refractivity (Wildman–Crippen MR) is 75.6 cm³/mol. The highest BCUT2D eigenvalue weighted by molar-refractivity contribution is 5.79. The molecule has 0 aliphatic rings. The fourth-order valence-corrected chi connectivity index (χ4v) is 2.16. The summed E-state index contributed by atoms with van der Waals surface area (Å²) >= 11 is 0. The number of hydrogen-bond acceptors (Lipinski definition) is 2. The first-order chi connectivity index (χ1) is 8.67. The third-order valence-corrected chi connectivity index (χ3v) is 3.49. The molecule has 1 heterocycles. The maximum absolute atomic E-state index is 12.3. The number of hydrogen-bond donors (Lipinski definition) is 1. The van der Waals surface area contributed by atoms with Crippen LogP contribution in [0.2, 0.25) is 0 Å². The van der Waals surface area contributed by atoms with E-state index < -0.39 is 0 Å². The van der Waals surface area contributed by atoms with Crippen LogP contribution >= 0.6 is 0 Å². The molecular formula is C15H20N2O. The summed E-state index contributed by atoms with van der Waals surface area (Å²) in [6.45, 7) is 5.36. The van der Waals surface area contributed by atoms with Crippen LogP contribution in [0.5, 0.6) is 0 Å². The van der Waals surface area contributed by atoms with E-state index in [-0.39, 0.29) is 5.56 Å². The van der Waals surface area contributed by atoms with Gasteiger partial charge in [-0.2, -0.15) is 0 Å². The quantitative estimate of drug-likeness (QED) is 0.898. The Bertz CT molecular complexity index is 601. The molecule has 18 heavy (non-hydrogen) atoms. The average molecular weight is 244 g/mol. The van der Waals surface area contributed by atoms with Gasteiger partial charge in [0.1, 0.15) is 0 Å². The maximum atomic E-state index is 12.3. The van der Waals surface area contributed by atoms with E-state index in [4.69, 9.17) is 5.73 Å². The standard InChI is InChI=1S/C15H20N2O/c1-3-11(2)10-17-14-7-5-4-6-12(14)8-13(9-16)15(17)18/h4-8,11H,3,9-10,16H2,1-2H3. The van der Waals surface area contributed by atoms with E-state index in [0.29, 0.717) is 18.0 Å². The molecule has 0 amide bonds. The van der Waals surface area contributed by atoms with Gasteiger partial charge >= 0.3 is 0 Å². The molecule has 3 heteroatoms. The Kier molecular flexibility index (Phi) is 3.82. The van der Waals surface area contributed by atoms with Crippen LogP contribution in [0.15, 0.2) is 35.1 Å². The van der Waals surface area contributed by atoms with Crippen molar-refractivity contribution in [1.82, 2.24) is 4.57 Å². The number of fused-ring (bicyclic) bond motifs is 1. The third kappa shape index (κ3) is 2.31. The molecule has 1 atom stereocenters. The molecule has 0 aliphatic heterocycles. The zero-order valence-corrected chi connectivity index (χ0v) is 11.0. The molecular weight excluding hydrogens is 224 g/mol. The second kappa shape index (κ2) is 5.36. The van der Waals surface area contributed by atoms with Crippen molar-refractivity contribution < 1.29 is 0 Å². The normalized spacial score (nSPS) is 12.8. The average Bonchev–Trinajstić information content (AvgIpc) is 2.41. The van der Waals surface area contributed by atoms with Gasteiger partial charge < -0.3 is 10.3 Å². The summed E-state index contributed by atoms with van der Waals surface area (Å²) in [5.74, 6) is 0.485. The van der Waals surface area contributed by atoms with Gasteiger partial charge in [0.15, 0.2) is 0 Å². The number of nitrogens with zero attached hydrogens (tertiary/aromatic N) is 1. The third-order valence-electron chi connectivity index (χ3n) is 3.49. The lowest BCUT2D eigenvalue weighted by Gasteiger charge is -2.15. The van der Waals surface area contributed by atoms with Crippen LogP contribution in [0, 0.1) is 5.92 Å². The van der Waals surface area contributed by atoms with Gasteiger partial charge in [0.25, 0.3) is 5.56 Å². The van der Waals surface area contributed by atoms with Crippen molar-refractivity contribution in [3.05, 3.63) is 46.2 Å². The van der Waals surface area contributed by atoms with Crippen LogP contribution in [0.3, 0.4) is 0 Å². The largest absolute Gasteiger partial charge is 0.326 e. The zero-order chi connectivity index (χ0) is 13.1. The van der Waals surface area contributed by atoms with E-state index in [9.17, 15) is 4.79 Å². The Morgan fingerprint density at radius 1 is 1.33 bits per heavy atom. The minimum atomic E-state index is 0.0523. The predicted octanol–water partition coefficient (Wildman–Crippen LogP) is 2.51. The van der Waals surface area contributed by atoms with Crippen molar-refractivity contribution in [3.63, 3.8) is 0 Å². The van der Waals surface area contributed by atoms with E-state index >= 15 is 0 Å². The van der Waals surface area contributed by atoms with Crippen molar-refractivity contribution in [2.24, 2.45) is 11.7 Å². The van der Waals surface area contributed by atoms with Crippen LogP contribution in [0.4, 0.5) is 0 Å². The van der Waals surface area contributed by atoms with Crippen molar-refractivity contribution in [3.8, 4) is 0 Å². The maximum Gasteiger partial charge on any atom is 0.255 e. The topological polar surface area (TPSA) is 48.0 Å². The van der Waals surface area contributed by atoms with Crippen molar-refractivity contribution in [2.75, 3.05) is 0 Å². The van der Waals surface area contributed by atoms with E-state index in [1.807, 2.05) is 34.9 Å². The number of rotatable bonds is 4. The Morgan fingerprint density at radius 2 is 2.06 bits per heavy atom. The molecule has 1 aromatic heterocycles. The molecule has 0 saturated heterocycles. The smallest absolute Gasteiger partial charge is 0.255 e. The Morgan fingerprint density at radius 3 is 2.72 bits per heavy atom. The molecule has 96 valence electrons. The summed E-state index contributed by atoms with van der Waals surface area (Å²) in [6, 6.07) is 9.89. The molecule has 1 aromatic carbocycles. The van der Waals surface area contributed by atoms with Crippen LogP contribution in [-0.4, -0.2) is 4.57 Å². The second-order valence-corrected chi connectivity index (χ2v) is 4.86. The number of nitrogens with two attached hydrogens (primary N) is 1. The highest BCUT2D eigenvalue weighted by Gasteiger charge is 2.10. The molecule has 2 rings (SSSR count). The summed E-state index contributed by atoms with van der Waals surface area (Å²) in [5.41, 5.74) is 7.40. The van der Waals surface area contributed by atoms with Crippen molar-refractivity contribution >= 4 is 10.9 Å². The van der Waals surface area contributed by atoms with Gasteiger partial charge in [0.2, 0.25) is 0 Å².